The molecule has 1 amide bonds. The minimum Gasteiger partial charge on any atom is -0.506 e. The SMILES string of the molecule is CC(=NCC(=O)c1ccc(C(=O)N2CCC(O)C2)s1)c1csc(-c2ccc(C)cc2)c1O. The van der Waals surface area contributed by atoms with Crippen LogP contribution in [0.2, 0.25) is 0 Å². The van der Waals surface area contributed by atoms with Gasteiger partial charge in [0.05, 0.1) is 20.7 Å². The zero-order valence-corrected chi connectivity index (χ0v) is 19.5. The van der Waals surface area contributed by atoms with Crippen LogP contribution in [0.1, 0.15) is 43.8 Å². The Morgan fingerprint density at radius 1 is 1.16 bits per heavy atom. The normalized spacial score (nSPS) is 16.5. The standard InChI is InChI=1S/C24H24N2O4S2/c1-14-3-5-16(6-4-14)23-22(29)18(13-31-23)15(2)25-11-19(28)20-7-8-21(32-20)24(30)26-10-9-17(27)12-26/h3-8,13,17,27,29H,9-12H2,1-2H3. The largest absolute Gasteiger partial charge is 0.506 e. The minimum absolute atomic E-state index is 0.0580. The molecule has 0 bridgehead atoms. The molecule has 166 valence electrons. The number of carbonyl (C=O) groups excluding carboxylic acids is 2. The molecule has 0 spiro atoms. The average molecular weight is 469 g/mol. The van der Waals surface area contributed by atoms with Crippen LogP contribution >= 0.6 is 22.7 Å². The summed E-state index contributed by atoms with van der Waals surface area (Å²) in [6.45, 7) is 4.59. The van der Waals surface area contributed by atoms with E-state index in [0.717, 1.165) is 27.3 Å². The lowest BCUT2D eigenvalue weighted by atomic mass is 10.1. The molecule has 8 heteroatoms. The number of hydrogen-bond acceptors (Lipinski definition) is 7. The number of benzene rings is 1. The topological polar surface area (TPSA) is 90.2 Å². The fourth-order valence-corrected chi connectivity index (χ4v) is 5.47. The summed E-state index contributed by atoms with van der Waals surface area (Å²) in [5, 5.41) is 22.2. The number of Topliss-reactive ketones (excluding diaryl/α,β-unsaturated/α-hetero) is 1. The van der Waals surface area contributed by atoms with Crippen LogP contribution in [0, 0.1) is 6.92 Å². The second kappa shape index (κ2) is 9.36. The number of aryl methyl sites for hydroxylation is 1. The van der Waals surface area contributed by atoms with E-state index in [2.05, 4.69) is 4.99 Å². The lowest BCUT2D eigenvalue weighted by molar-refractivity contribution is 0.0769. The van der Waals surface area contributed by atoms with E-state index in [1.165, 1.54) is 11.3 Å². The number of carbonyl (C=O) groups is 2. The summed E-state index contributed by atoms with van der Waals surface area (Å²) in [5.41, 5.74) is 3.30. The van der Waals surface area contributed by atoms with E-state index < -0.39 is 6.10 Å². The van der Waals surface area contributed by atoms with E-state index in [9.17, 15) is 19.8 Å². The smallest absolute Gasteiger partial charge is 0.264 e. The molecule has 1 saturated heterocycles. The molecule has 6 nitrogen and oxygen atoms in total. The molecule has 32 heavy (non-hydrogen) atoms. The summed E-state index contributed by atoms with van der Waals surface area (Å²) in [6.07, 6.45) is 0.107. The molecular weight excluding hydrogens is 444 g/mol. The number of β-amino-alcohol motifs (C(OH)–C–C–N with tert-alkyl or cyclic N) is 1. The van der Waals surface area contributed by atoms with Gasteiger partial charge >= 0.3 is 0 Å². The number of ketones is 1. The zero-order chi connectivity index (χ0) is 22.8. The third-order valence-corrected chi connectivity index (χ3v) is 7.60. The molecule has 0 radical (unpaired) electrons. The number of hydrogen-bond donors (Lipinski definition) is 2. The molecular formula is C24H24N2O4S2. The van der Waals surface area contributed by atoms with Crippen LogP contribution < -0.4 is 0 Å². The predicted octanol–water partition coefficient (Wildman–Crippen LogP) is 4.39. The third-order valence-electron chi connectivity index (χ3n) is 5.47. The molecule has 3 heterocycles. The monoisotopic (exact) mass is 468 g/mol. The van der Waals surface area contributed by atoms with E-state index in [1.807, 2.05) is 36.6 Å². The summed E-state index contributed by atoms with van der Waals surface area (Å²) in [7, 11) is 0. The predicted molar refractivity (Wildman–Crippen MR) is 128 cm³/mol. The lowest BCUT2D eigenvalue weighted by Crippen LogP contribution is -2.28. The maximum absolute atomic E-state index is 12.6. The summed E-state index contributed by atoms with van der Waals surface area (Å²) in [5.74, 6) is -0.162. The van der Waals surface area contributed by atoms with Crippen LogP contribution in [-0.2, 0) is 0 Å². The highest BCUT2D eigenvalue weighted by Gasteiger charge is 2.26. The van der Waals surface area contributed by atoms with Crippen LogP contribution in [0.15, 0.2) is 46.8 Å². The van der Waals surface area contributed by atoms with Crippen molar-refractivity contribution in [2.24, 2.45) is 4.99 Å². The van der Waals surface area contributed by atoms with Gasteiger partial charge < -0.3 is 15.1 Å². The lowest BCUT2D eigenvalue weighted by Gasteiger charge is -2.13. The number of aliphatic hydroxyl groups is 1. The van der Waals surface area contributed by atoms with Gasteiger partial charge in [0.25, 0.3) is 5.91 Å². The van der Waals surface area contributed by atoms with Gasteiger partial charge in [0, 0.05) is 29.7 Å². The Bertz CT molecular complexity index is 1180. The number of aliphatic hydroxyl groups excluding tert-OH is 1. The van der Waals surface area contributed by atoms with E-state index in [0.29, 0.717) is 40.5 Å². The van der Waals surface area contributed by atoms with Gasteiger partial charge in [-0.1, -0.05) is 29.8 Å². The molecule has 1 aliphatic heterocycles. The van der Waals surface area contributed by atoms with Crippen molar-refractivity contribution in [2.45, 2.75) is 26.4 Å². The van der Waals surface area contributed by atoms with E-state index in [4.69, 9.17) is 0 Å². The first-order valence-electron chi connectivity index (χ1n) is 10.3. The zero-order valence-electron chi connectivity index (χ0n) is 17.9. The number of nitrogens with zero attached hydrogens (tertiary/aromatic N) is 2. The van der Waals surface area contributed by atoms with Gasteiger partial charge in [-0.25, -0.2) is 0 Å². The molecule has 1 fully saturated rings. The quantitative estimate of drug-likeness (QED) is 0.415. The number of amides is 1. The number of rotatable bonds is 6. The minimum atomic E-state index is -0.475. The van der Waals surface area contributed by atoms with E-state index >= 15 is 0 Å². The molecule has 0 saturated carbocycles. The first-order chi connectivity index (χ1) is 15.3. The van der Waals surface area contributed by atoms with Crippen molar-refractivity contribution in [2.75, 3.05) is 19.6 Å². The highest BCUT2D eigenvalue weighted by Crippen LogP contribution is 2.38. The second-order valence-corrected chi connectivity index (χ2v) is 9.84. The summed E-state index contributed by atoms with van der Waals surface area (Å²) >= 11 is 2.59. The Kier molecular flexibility index (Phi) is 6.55. The highest BCUT2D eigenvalue weighted by molar-refractivity contribution is 7.16. The Labute approximate surface area is 194 Å². The van der Waals surface area contributed by atoms with Gasteiger partial charge in [0.15, 0.2) is 5.78 Å². The first kappa shape index (κ1) is 22.4. The van der Waals surface area contributed by atoms with E-state index in [-0.39, 0.29) is 24.0 Å². The Morgan fingerprint density at radius 2 is 1.88 bits per heavy atom. The van der Waals surface area contributed by atoms with Crippen molar-refractivity contribution in [3.05, 3.63) is 62.7 Å². The molecule has 1 atom stereocenters. The van der Waals surface area contributed by atoms with Gasteiger partial charge in [-0.3, -0.25) is 14.6 Å². The van der Waals surface area contributed by atoms with Crippen molar-refractivity contribution < 1.29 is 19.8 Å². The molecule has 2 N–H and O–H groups in total. The van der Waals surface area contributed by atoms with Crippen molar-refractivity contribution in [3.8, 4) is 16.2 Å². The van der Waals surface area contributed by atoms with Crippen LogP contribution in [-0.4, -0.2) is 58.3 Å². The highest BCUT2D eigenvalue weighted by atomic mass is 32.1. The Hall–Kier alpha value is -2.81. The van der Waals surface area contributed by atoms with E-state index in [1.54, 1.807) is 24.0 Å². The van der Waals surface area contributed by atoms with Gasteiger partial charge in [-0.05, 0) is 38.0 Å². The average Bonchev–Trinajstić information content (AvgIpc) is 3.52. The van der Waals surface area contributed by atoms with Crippen molar-refractivity contribution in [1.82, 2.24) is 4.90 Å². The Balaban J connectivity index is 1.43. The summed E-state index contributed by atoms with van der Waals surface area (Å²) in [6, 6.07) is 11.2. The molecule has 1 unspecified atom stereocenters. The van der Waals surface area contributed by atoms with Crippen molar-refractivity contribution in [3.63, 3.8) is 0 Å². The summed E-state index contributed by atoms with van der Waals surface area (Å²) < 4.78 is 0. The second-order valence-electron chi connectivity index (χ2n) is 7.88. The maximum Gasteiger partial charge on any atom is 0.264 e. The van der Waals surface area contributed by atoms with Crippen LogP contribution in [0.25, 0.3) is 10.4 Å². The van der Waals surface area contributed by atoms with Crippen molar-refractivity contribution in [1.29, 1.82) is 0 Å². The maximum atomic E-state index is 12.6. The molecule has 1 aliphatic rings. The summed E-state index contributed by atoms with van der Waals surface area (Å²) in [4.78, 5) is 32.9. The Morgan fingerprint density at radius 3 is 2.56 bits per heavy atom. The van der Waals surface area contributed by atoms with Gasteiger partial charge in [-0.2, -0.15) is 0 Å². The molecule has 1 aromatic carbocycles. The van der Waals surface area contributed by atoms with Gasteiger partial charge in [0.2, 0.25) is 0 Å². The third kappa shape index (κ3) is 4.67. The fraction of sp³-hybridized carbons (Fsp3) is 0.292. The molecule has 4 rings (SSSR count). The number of aromatic hydroxyl groups is 1. The fourth-order valence-electron chi connectivity index (χ4n) is 3.56. The molecule has 0 aliphatic carbocycles. The number of thiophene rings is 2. The molecule has 2 aromatic heterocycles. The van der Waals surface area contributed by atoms with Crippen LogP contribution in [0.3, 0.4) is 0 Å². The number of likely N-dealkylation sites (tertiary alicyclic amines) is 1. The van der Waals surface area contributed by atoms with Gasteiger partial charge in [0.1, 0.15) is 12.3 Å². The first-order valence-corrected chi connectivity index (χ1v) is 12.0. The molecule has 3 aromatic rings. The van der Waals surface area contributed by atoms with Crippen molar-refractivity contribution >= 4 is 40.1 Å². The van der Waals surface area contributed by atoms with Crippen LogP contribution in [0.5, 0.6) is 5.75 Å². The van der Waals surface area contributed by atoms with Crippen LogP contribution in [0.4, 0.5) is 0 Å². The van der Waals surface area contributed by atoms with Gasteiger partial charge in [-0.15, -0.1) is 22.7 Å². The number of aliphatic imine (C=N–C) groups is 1.